The monoisotopic (exact) mass is 182 g/mol. The molecule has 1 heterocycles. The van der Waals surface area contributed by atoms with Crippen LogP contribution < -0.4 is 10.6 Å². The summed E-state index contributed by atoms with van der Waals surface area (Å²) in [7, 11) is 0. The van der Waals surface area contributed by atoms with Gasteiger partial charge in [-0.05, 0) is 31.7 Å². The molecule has 13 heavy (non-hydrogen) atoms. The van der Waals surface area contributed by atoms with Crippen LogP contribution in [0.1, 0.15) is 25.7 Å². The van der Waals surface area contributed by atoms with Gasteiger partial charge in [0.1, 0.15) is 0 Å². The summed E-state index contributed by atoms with van der Waals surface area (Å²) in [5.74, 6) is 1.27. The van der Waals surface area contributed by atoms with E-state index < -0.39 is 0 Å². The van der Waals surface area contributed by atoms with E-state index in [1.54, 1.807) is 0 Å². The normalized spacial score (nSPS) is 28.5. The number of carbonyl (C=O) groups excluding carboxylic acids is 1. The second kappa shape index (κ2) is 4.09. The van der Waals surface area contributed by atoms with E-state index >= 15 is 0 Å². The zero-order valence-electron chi connectivity index (χ0n) is 8.01. The van der Waals surface area contributed by atoms with Crippen molar-refractivity contribution >= 4 is 5.91 Å². The first-order chi connectivity index (χ1) is 6.36. The third kappa shape index (κ3) is 2.21. The number of amides is 1. The summed E-state index contributed by atoms with van der Waals surface area (Å²) in [6, 6.07) is 0. The van der Waals surface area contributed by atoms with Crippen LogP contribution in [0.2, 0.25) is 0 Å². The topological polar surface area (TPSA) is 41.1 Å². The Labute approximate surface area is 79.3 Å². The zero-order chi connectivity index (χ0) is 9.10. The summed E-state index contributed by atoms with van der Waals surface area (Å²) in [5, 5.41) is 6.26. The van der Waals surface area contributed by atoms with Crippen LogP contribution in [-0.4, -0.2) is 25.5 Å². The van der Waals surface area contributed by atoms with Crippen LogP contribution in [0.25, 0.3) is 0 Å². The van der Waals surface area contributed by atoms with Crippen molar-refractivity contribution in [3.05, 3.63) is 0 Å². The van der Waals surface area contributed by atoms with Crippen molar-refractivity contribution in [3.63, 3.8) is 0 Å². The molecule has 3 heteroatoms. The maximum Gasteiger partial charge on any atom is 0.224 e. The highest BCUT2D eigenvalue weighted by atomic mass is 16.1. The van der Waals surface area contributed by atoms with Gasteiger partial charge < -0.3 is 10.6 Å². The maximum atomic E-state index is 11.5. The first kappa shape index (κ1) is 9.00. The van der Waals surface area contributed by atoms with Crippen molar-refractivity contribution in [2.75, 3.05) is 19.6 Å². The summed E-state index contributed by atoms with van der Waals surface area (Å²) >= 11 is 0. The summed E-state index contributed by atoms with van der Waals surface area (Å²) in [5.41, 5.74) is 0. The molecule has 3 nitrogen and oxygen atoms in total. The molecule has 0 aromatic rings. The lowest BCUT2D eigenvalue weighted by molar-refractivity contribution is -0.124. The molecule has 1 aliphatic heterocycles. The largest absolute Gasteiger partial charge is 0.356 e. The first-order valence-electron chi connectivity index (χ1n) is 5.34. The van der Waals surface area contributed by atoms with Gasteiger partial charge in [0.15, 0.2) is 0 Å². The van der Waals surface area contributed by atoms with Gasteiger partial charge in [-0.15, -0.1) is 0 Å². The fourth-order valence-electron chi connectivity index (χ4n) is 1.96. The molecule has 1 unspecified atom stereocenters. The number of carbonyl (C=O) groups is 1. The molecular weight excluding hydrogens is 164 g/mol. The molecule has 2 aliphatic rings. The van der Waals surface area contributed by atoms with Crippen LogP contribution in [0, 0.1) is 11.8 Å². The quantitative estimate of drug-likeness (QED) is 0.668. The Morgan fingerprint density at radius 3 is 2.77 bits per heavy atom. The van der Waals surface area contributed by atoms with Gasteiger partial charge in [-0.1, -0.05) is 6.42 Å². The third-order valence-corrected chi connectivity index (χ3v) is 3.22. The zero-order valence-corrected chi connectivity index (χ0v) is 8.01. The minimum atomic E-state index is 0.236. The minimum absolute atomic E-state index is 0.236. The molecule has 0 aromatic carbocycles. The molecule has 1 saturated heterocycles. The van der Waals surface area contributed by atoms with Gasteiger partial charge >= 0.3 is 0 Å². The Morgan fingerprint density at radius 2 is 2.23 bits per heavy atom. The molecule has 0 aromatic heterocycles. The average Bonchev–Trinajstić information content (AvgIpc) is 2.52. The predicted octanol–water partition coefficient (Wildman–Crippen LogP) is 0.512. The van der Waals surface area contributed by atoms with Crippen molar-refractivity contribution in [2.24, 2.45) is 11.8 Å². The van der Waals surface area contributed by atoms with E-state index in [2.05, 4.69) is 10.6 Å². The molecular formula is C10H18N2O. The standard InChI is InChI=1S/C10H18N2O/c13-10(9-4-5-11-7-9)12-6-8-2-1-3-8/h8-9,11H,1-7H2,(H,12,13). The van der Waals surface area contributed by atoms with Crippen LogP contribution in [-0.2, 0) is 4.79 Å². The Balaban J connectivity index is 1.65. The molecule has 0 radical (unpaired) electrons. The molecule has 2 fully saturated rings. The Morgan fingerprint density at radius 1 is 1.38 bits per heavy atom. The molecule has 2 rings (SSSR count). The maximum absolute atomic E-state index is 11.5. The smallest absolute Gasteiger partial charge is 0.224 e. The highest BCUT2D eigenvalue weighted by molar-refractivity contribution is 5.79. The molecule has 2 N–H and O–H groups in total. The molecule has 1 amide bonds. The van der Waals surface area contributed by atoms with E-state index in [1.807, 2.05) is 0 Å². The molecule has 1 aliphatic carbocycles. The Bertz CT molecular complexity index is 183. The fourth-order valence-corrected chi connectivity index (χ4v) is 1.96. The molecule has 74 valence electrons. The van der Waals surface area contributed by atoms with Crippen molar-refractivity contribution in [1.29, 1.82) is 0 Å². The third-order valence-electron chi connectivity index (χ3n) is 3.22. The van der Waals surface area contributed by atoms with Gasteiger partial charge in [-0.2, -0.15) is 0 Å². The van der Waals surface area contributed by atoms with Gasteiger partial charge in [0.2, 0.25) is 5.91 Å². The van der Waals surface area contributed by atoms with Gasteiger partial charge in [0.25, 0.3) is 0 Å². The number of nitrogens with one attached hydrogen (secondary N) is 2. The van der Waals surface area contributed by atoms with Gasteiger partial charge in [-0.25, -0.2) is 0 Å². The van der Waals surface area contributed by atoms with E-state index in [0.717, 1.165) is 32.0 Å². The second-order valence-electron chi connectivity index (χ2n) is 4.23. The highest BCUT2D eigenvalue weighted by Crippen LogP contribution is 2.25. The van der Waals surface area contributed by atoms with Crippen LogP contribution in [0.4, 0.5) is 0 Å². The average molecular weight is 182 g/mol. The lowest BCUT2D eigenvalue weighted by Crippen LogP contribution is -2.36. The van der Waals surface area contributed by atoms with Crippen LogP contribution in [0.5, 0.6) is 0 Å². The molecule has 1 saturated carbocycles. The number of hydrogen-bond donors (Lipinski definition) is 2. The van der Waals surface area contributed by atoms with Crippen molar-refractivity contribution < 1.29 is 4.79 Å². The van der Waals surface area contributed by atoms with Crippen LogP contribution in [0.3, 0.4) is 0 Å². The SMILES string of the molecule is O=C(NCC1CCC1)C1CCNC1. The van der Waals surface area contributed by atoms with E-state index in [-0.39, 0.29) is 11.8 Å². The summed E-state index contributed by atoms with van der Waals surface area (Å²) in [6.45, 7) is 2.79. The van der Waals surface area contributed by atoms with Crippen molar-refractivity contribution in [2.45, 2.75) is 25.7 Å². The van der Waals surface area contributed by atoms with Crippen LogP contribution >= 0.6 is 0 Å². The van der Waals surface area contributed by atoms with E-state index in [0.29, 0.717) is 0 Å². The first-order valence-corrected chi connectivity index (χ1v) is 5.34. The predicted molar refractivity (Wildman–Crippen MR) is 51.3 cm³/mol. The summed E-state index contributed by atoms with van der Waals surface area (Å²) < 4.78 is 0. The number of hydrogen-bond acceptors (Lipinski definition) is 2. The Kier molecular flexibility index (Phi) is 2.83. The highest BCUT2D eigenvalue weighted by Gasteiger charge is 2.24. The fraction of sp³-hybridized carbons (Fsp3) is 0.900. The van der Waals surface area contributed by atoms with Gasteiger partial charge in [-0.3, -0.25) is 4.79 Å². The molecule has 0 bridgehead atoms. The van der Waals surface area contributed by atoms with Gasteiger partial charge in [0, 0.05) is 13.1 Å². The minimum Gasteiger partial charge on any atom is -0.356 e. The summed E-state index contributed by atoms with van der Waals surface area (Å²) in [4.78, 5) is 11.5. The van der Waals surface area contributed by atoms with Gasteiger partial charge in [0.05, 0.1) is 5.92 Å². The summed E-state index contributed by atoms with van der Waals surface area (Å²) in [6.07, 6.45) is 4.98. The van der Waals surface area contributed by atoms with E-state index in [4.69, 9.17) is 0 Å². The molecule has 1 atom stereocenters. The second-order valence-corrected chi connectivity index (χ2v) is 4.23. The molecule has 0 spiro atoms. The number of rotatable bonds is 3. The van der Waals surface area contributed by atoms with Crippen molar-refractivity contribution in [3.8, 4) is 0 Å². The lowest BCUT2D eigenvalue weighted by Gasteiger charge is -2.25. The van der Waals surface area contributed by atoms with Crippen LogP contribution in [0.15, 0.2) is 0 Å². The van der Waals surface area contributed by atoms with Crippen molar-refractivity contribution in [1.82, 2.24) is 10.6 Å². The Hall–Kier alpha value is -0.570. The van der Waals surface area contributed by atoms with E-state index in [9.17, 15) is 4.79 Å². The lowest BCUT2D eigenvalue weighted by atomic mass is 9.85. The van der Waals surface area contributed by atoms with E-state index in [1.165, 1.54) is 19.3 Å².